The van der Waals surface area contributed by atoms with Crippen molar-refractivity contribution in [2.45, 2.75) is 5.41 Å². The molecule has 2 aromatic heterocycles. The smallest absolute Gasteiger partial charge is 0.137 e. The van der Waals surface area contributed by atoms with Gasteiger partial charge in [0.25, 0.3) is 0 Å². The fourth-order valence-corrected chi connectivity index (χ4v) is 12.2. The van der Waals surface area contributed by atoms with Crippen LogP contribution < -0.4 is 10.1 Å². The Morgan fingerprint density at radius 1 is 0.377 bits per heavy atom. The Balaban J connectivity index is 0.000000138. The molecule has 0 spiro atoms. The lowest BCUT2D eigenvalue weighted by molar-refractivity contribution is 0.487. The summed E-state index contributed by atoms with van der Waals surface area (Å²) >= 11 is 0. The fourth-order valence-electron chi connectivity index (χ4n) is 12.2. The number of ether oxygens (including phenoxy) is 1. The minimum Gasteiger partial charge on any atom is -0.456 e. The number of para-hydroxylation sites is 3. The summed E-state index contributed by atoms with van der Waals surface area (Å²) in [4.78, 5) is 0. The number of anilines is 2. The fraction of sp³-hybridized carbons (Fsp3) is 0.0141. The van der Waals surface area contributed by atoms with Crippen molar-refractivity contribution >= 4 is 55.0 Å². The van der Waals surface area contributed by atoms with E-state index in [0.29, 0.717) is 0 Å². The molecule has 14 aromatic rings. The molecule has 2 aliphatic rings. The molecule has 12 aromatic carbocycles. The van der Waals surface area contributed by atoms with Crippen LogP contribution in [0.1, 0.15) is 22.3 Å². The van der Waals surface area contributed by atoms with Crippen LogP contribution in [0, 0.1) is 0 Å². The number of hydrogen-bond acceptors (Lipinski definition) is 4. The molecule has 0 bridgehead atoms. The van der Waals surface area contributed by atoms with Gasteiger partial charge in [-0.1, -0.05) is 199 Å². The Labute approximate surface area is 445 Å². The molecule has 6 nitrogen and oxygen atoms in total. The summed E-state index contributed by atoms with van der Waals surface area (Å²) in [6.45, 7) is 0. The van der Waals surface area contributed by atoms with E-state index in [2.05, 4.69) is 275 Å². The lowest BCUT2D eigenvalue weighted by Crippen LogP contribution is -2.28. The van der Waals surface area contributed by atoms with E-state index in [4.69, 9.17) is 4.74 Å². The highest BCUT2D eigenvalue weighted by Crippen LogP contribution is 2.57. The normalized spacial score (nSPS) is 12.6. The molecule has 0 fully saturated rings. The van der Waals surface area contributed by atoms with Crippen LogP contribution in [0.25, 0.3) is 88.4 Å². The van der Waals surface area contributed by atoms with Gasteiger partial charge in [0, 0.05) is 44.9 Å². The van der Waals surface area contributed by atoms with E-state index in [1.54, 1.807) is 0 Å². The molecule has 0 atom stereocenters. The first kappa shape index (κ1) is 44.2. The third-order valence-electron chi connectivity index (χ3n) is 15.6. The largest absolute Gasteiger partial charge is 0.456 e. The van der Waals surface area contributed by atoms with Gasteiger partial charge < -0.3 is 14.6 Å². The Morgan fingerprint density at radius 2 is 0.987 bits per heavy atom. The highest BCUT2D eigenvalue weighted by molar-refractivity contribution is 6.10. The van der Waals surface area contributed by atoms with Gasteiger partial charge >= 0.3 is 0 Å². The van der Waals surface area contributed by atoms with E-state index in [1.807, 2.05) is 28.9 Å². The Morgan fingerprint density at radius 3 is 1.78 bits per heavy atom. The van der Waals surface area contributed by atoms with Crippen molar-refractivity contribution < 1.29 is 4.74 Å². The Hall–Kier alpha value is -10.3. The maximum atomic E-state index is 6.45. The summed E-state index contributed by atoms with van der Waals surface area (Å²) < 4.78 is 10.7. The zero-order valence-electron chi connectivity index (χ0n) is 41.8. The average Bonchev–Trinajstić information content (AvgIpc) is 4.35. The van der Waals surface area contributed by atoms with Gasteiger partial charge in [0.15, 0.2) is 0 Å². The highest BCUT2D eigenvalue weighted by Gasteiger charge is 2.46. The molecule has 6 heteroatoms. The zero-order chi connectivity index (χ0) is 50.9. The predicted molar refractivity (Wildman–Crippen MR) is 315 cm³/mol. The van der Waals surface area contributed by atoms with Gasteiger partial charge in [-0.05, 0) is 134 Å². The van der Waals surface area contributed by atoms with Crippen LogP contribution >= 0.6 is 0 Å². The van der Waals surface area contributed by atoms with Crippen LogP contribution in [0.4, 0.5) is 11.4 Å². The number of rotatable bonds is 7. The lowest BCUT2D eigenvalue weighted by atomic mass is 9.67. The second kappa shape index (κ2) is 18.0. The summed E-state index contributed by atoms with van der Waals surface area (Å²) in [5.74, 6) is 1.77. The molecular weight excluding hydrogens is 939 g/mol. The second-order valence-electron chi connectivity index (χ2n) is 19.8. The van der Waals surface area contributed by atoms with E-state index in [1.165, 1.54) is 88.3 Å². The first-order chi connectivity index (χ1) is 38.2. The van der Waals surface area contributed by atoms with Gasteiger partial charge in [-0.15, -0.1) is 5.10 Å². The molecule has 362 valence electrons. The number of benzene rings is 12. The van der Waals surface area contributed by atoms with Crippen LogP contribution in [0.5, 0.6) is 11.5 Å². The van der Waals surface area contributed by atoms with Crippen molar-refractivity contribution in [3.8, 4) is 56.3 Å². The van der Waals surface area contributed by atoms with Crippen LogP contribution in [0.2, 0.25) is 0 Å². The SMILES string of the molecule is c1ccc(-n2c3ccccc3c3ccc(-c4ccc(-n5nnc6ccccc65)cc4)cc32)cc1.c1ccc(C2(c3ccccc3)c3ccccc3-c3ccc(Nc4ccc5c(c4)Oc4cccc6cccc-5c46)cc32)cc1. The average molecular weight is 986 g/mol. The van der Waals surface area contributed by atoms with Crippen molar-refractivity contribution in [2.24, 2.45) is 0 Å². The first-order valence-corrected chi connectivity index (χ1v) is 26.1. The Kier molecular flexibility index (Phi) is 10.3. The van der Waals surface area contributed by atoms with Crippen molar-refractivity contribution in [1.82, 2.24) is 19.6 Å². The molecule has 0 radical (unpaired) electrons. The predicted octanol–water partition coefficient (Wildman–Crippen LogP) is 17.9. The molecule has 16 rings (SSSR count). The minimum absolute atomic E-state index is 0.423. The molecular formula is C71H47N5O. The zero-order valence-corrected chi connectivity index (χ0v) is 41.8. The molecule has 0 amide bonds. The standard InChI is InChI=1S/C41H27NO.C30H20N4/c1-3-13-28(14-4-1)41(29-15-5-2-6-16-29)36-19-8-7-17-32(36)33-23-21-30(25-37(33)41)42-31-22-24-34-35-18-9-11-27-12-10-20-38(40(27)35)43-39(34)26-31;1-2-8-23(9-3-1)33-28-12-6-4-10-25(28)26-19-16-22(20-30(26)33)21-14-17-24(18-15-21)34-29-13-7-5-11-27(29)31-32-34/h1-26,42H;1-20H. The number of aromatic nitrogens is 4. The number of fused-ring (bicyclic) bond motifs is 9. The van der Waals surface area contributed by atoms with Crippen molar-refractivity contribution in [1.29, 1.82) is 0 Å². The monoisotopic (exact) mass is 985 g/mol. The summed E-state index contributed by atoms with van der Waals surface area (Å²) in [6, 6.07) is 99.1. The van der Waals surface area contributed by atoms with E-state index in [-0.39, 0.29) is 0 Å². The molecule has 77 heavy (non-hydrogen) atoms. The summed E-state index contributed by atoms with van der Waals surface area (Å²) in [5.41, 5.74) is 20.5. The lowest BCUT2D eigenvalue weighted by Gasteiger charge is -2.34. The van der Waals surface area contributed by atoms with Crippen LogP contribution in [0.15, 0.2) is 279 Å². The molecule has 1 N–H and O–H groups in total. The summed E-state index contributed by atoms with van der Waals surface area (Å²) in [7, 11) is 0. The number of nitrogens with zero attached hydrogens (tertiary/aromatic N) is 4. The summed E-state index contributed by atoms with van der Waals surface area (Å²) in [6.07, 6.45) is 0. The number of hydrogen-bond donors (Lipinski definition) is 1. The molecule has 3 heterocycles. The molecule has 0 unspecified atom stereocenters. The van der Waals surface area contributed by atoms with Crippen LogP contribution in [-0.2, 0) is 5.41 Å². The Bertz CT molecular complexity index is 4520. The van der Waals surface area contributed by atoms with E-state index >= 15 is 0 Å². The highest BCUT2D eigenvalue weighted by atomic mass is 16.5. The van der Waals surface area contributed by atoms with Crippen molar-refractivity contribution in [2.75, 3.05) is 5.32 Å². The van der Waals surface area contributed by atoms with E-state index in [0.717, 1.165) is 45.2 Å². The van der Waals surface area contributed by atoms with Crippen molar-refractivity contribution in [3.05, 3.63) is 301 Å². The van der Waals surface area contributed by atoms with Gasteiger partial charge in [0.05, 0.1) is 27.7 Å². The van der Waals surface area contributed by atoms with E-state index < -0.39 is 5.41 Å². The van der Waals surface area contributed by atoms with Gasteiger partial charge in [0.2, 0.25) is 0 Å². The van der Waals surface area contributed by atoms with Crippen molar-refractivity contribution in [3.63, 3.8) is 0 Å². The first-order valence-electron chi connectivity index (χ1n) is 26.1. The third-order valence-corrected chi connectivity index (χ3v) is 15.6. The molecule has 1 aliphatic heterocycles. The van der Waals surface area contributed by atoms with Crippen LogP contribution in [0.3, 0.4) is 0 Å². The quantitative estimate of drug-likeness (QED) is 0.173. The van der Waals surface area contributed by atoms with Crippen LogP contribution in [-0.4, -0.2) is 19.6 Å². The topological polar surface area (TPSA) is 56.9 Å². The molecule has 0 saturated carbocycles. The third kappa shape index (κ3) is 7.18. The van der Waals surface area contributed by atoms with Gasteiger partial charge in [-0.3, -0.25) is 0 Å². The molecule has 0 saturated heterocycles. The van der Waals surface area contributed by atoms with Gasteiger partial charge in [-0.25, -0.2) is 4.68 Å². The van der Waals surface area contributed by atoms with Gasteiger partial charge in [-0.2, -0.15) is 0 Å². The minimum atomic E-state index is -0.423. The van der Waals surface area contributed by atoms with Gasteiger partial charge in [0.1, 0.15) is 17.0 Å². The second-order valence-corrected chi connectivity index (χ2v) is 19.8. The maximum absolute atomic E-state index is 6.45. The molecule has 1 aliphatic carbocycles. The maximum Gasteiger partial charge on any atom is 0.137 e. The summed E-state index contributed by atoms with van der Waals surface area (Å²) in [5, 5.41) is 17.2. The van der Waals surface area contributed by atoms with E-state index in [9.17, 15) is 0 Å². The number of nitrogens with one attached hydrogen (secondary N) is 1.